The van der Waals surface area contributed by atoms with Crippen LogP contribution in [-0.4, -0.2) is 10.2 Å². The Morgan fingerprint density at radius 3 is 2.92 bits per heavy atom. The first-order chi connectivity index (χ1) is 5.65. The van der Waals surface area contributed by atoms with E-state index < -0.39 is 5.24 Å². The van der Waals surface area contributed by atoms with Gasteiger partial charge in [0.2, 0.25) is 0 Å². The SMILES string of the molecule is N#Cc1cnc(Br)cc1C(=O)Cl. The van der Waals surface area contributed by atoms with Gasteiger partial charge in [0.1, 0.15) is 10.7 Å². The normalized spacial score (nSPS) is 9.08. The highest BCUT2D eigenvalue weighted by molar-refractivity contribution is 9.10. The van der Waals surface area contributed by atoms with E-state index in [2.05, 4.69) is 20.9 Å². The molecule has 0 radical (unpaired) electrons. The molecule has 1 heterocycles. The van der Waals surface area contributed by atoms with Crippen LogP contribution in [0.5, 0.6) is 0 Å². The molecule has 3 nitrogen and oxygen atoms in total. The summed E-state index contributed by atoms with van der Waals surface area (Å²) in [6.45, 7) is 0. The van der Waals surface area contributed by atoms with Crippen LogP contribution in [0.2, 0.25) is 0 Å². The Hall–Kier alpha value is -0.920. The first-order valence-corrected chi connectivity index (χ1v) is 4.07. The molecule has 0 saturated carbocycles. The van der Waals surface area contributed by atoms with Crippen LogP contribution in [0, 0.1) is 11.3 Å². The van der Waals surface area contributed by atoms with Gasteiger partial charge in [0.15, 0.2) is 0 Å². The van der Waals surface area contributed by atoms with Crippen molar-refractivity contribution < 1.29 is 4.79 Å². The van der Waals surface area contributed by atoms with Gasteiger partial charge in [-0.25, -0.2) is 4.98 Å². The van der Waals surface area contributed by atoms with E-state index in [-0.39, 0.29) is 11.1 Å². The molecule has 1 rings (SSSR count). The summed E-state index contributed by atoms with van der Waals surface area (Å²) in [5, 5.41) is 7.88. The number of carbonyl (C=O) groups is 1. The van der Waals surface area contributed by atoms with Gasteiger partial charge in [-0.1, -0.05) is 0 Å². The van der Waals surface area contributed by atoms with E-state index in [9.17, 15) is 4.79 Å². The number of rotatable bonds is 1. The highest BCUT2D eigenvalue weighted by Crippen LogP contribution is 2.14. The number of aromatic nitrogens is 1. The third-order valence-corrected chi connectivity index (χ3v) is 1.84. The molecule has 5 heteroatoms. The van der Waals surface area contributed by atoms with E-state index >= 15 is 0 Å². The van der Waals surface area contributed by atoms with Gasteiger partial charge in [-0.05, 0) is 33.6 Å². The molecule has 0 bridgehead atoms. The Morgan fingerprint density at radius 2 is 2.42 bits per heavy atom. The standard InChI is InChI=1S/C7H2BrClN2O/c8-6-1-5(7(9)12)4(2-10)3-11-6/h1,3H. The summed E-state index contributed by atoms with van der Waals surface area (Å²) in [6.07, 6.45) is 1.29. The number of hydrogen-bond donors (Lipinski definition) is 0. The van der Waals surface area contributed by atoms with E-state index in [1.165, 1.54) is 12.3 Å². The average molecular weight is 245 g/mol. The zero-order valence-corrected chi connectivity index (χ0v) is 8.06. The van der Waals surface area contributed by atoms with Crippen molar-refractivity contribution in [3.8, 4) is 6.07 Å². The van der Waals surface area contributed by atoms with Crippen molar-refractivity contribution in [2.75, 3.05) is 0 Å². The van der Waals surface area contributed by atoms with Crippen LogP contribution in [0.25, 0.3) is 0 Å². The van der Waals surface area contributed by atoms with Crippen LogP contribution in [0.3, 0.4) is 0 Å². The van der Waals surface area contributed by atoms with Gasteiger partial charge in [-0.3, -0.25) is 4.79 Å². The highest BCUT2D eigenvalue weighted by atomic mass is 79.9. The maximum Gasteiger partial charge on any atom is 0.253 e. The predicted molar refractivity (Wildman–Crippen MR) is 46.8 cm³/mol. The van der Waals surface area contributed by atoms with Crippen molar-refractivity contribution >= 4 is 32.8 Å². The predicted octanol–water partition coefficient (Wildman–Crippen LogP) is 2.09. The van der Waals surface area contributed by atoms with Crippen LogP contribution < -0.4 is 0 Å². The number of carbonyl (C=O) groups excluding carboxylic acids is 1. The Bertz CT molecular complexity index is 372. The average Bonchev–Trinajstić information content (AvgIpc) is 2.04. The first-order valence-electron chi connectivity index (χ1n) is 2.90. The Balaban J connectivity index is 3.34. The van der Waals surface area contributed by atoms with E-state index in [1.54, 1.807) is 0 Å². The molecule has 0 N–H and O–H groups in total. The lowest BCUT2D eigenvalue weighted by Crippen LogP contribution is -1.95. The van der Waals surface area contributed by atoms with E-state index in [4.69, 9.17) is 16.9 Å². The van der Waals surface area contributed by atoms with Crippen LogP contribution >= 0.6 is 27.5 Å². The fourth-order valence-corrected chi connectivity index (χ4v) is 1.17. The fraction of sp³-hybridized carbons (Fsp3) is 0. The molecule has 1 aromatic heterocycles. The van der Waals surface area contributed by atoms with E-state index in [0.717, 1.165) is 0 Å². The second-order valence-corrected chi connectivity index (χ2v) is 3.09. The van der Waals surface area contributed by atoms with Gasteiger partial charge < -0.3 is 0 Å². The molecule has 0 aliphatic heterocycles. The Labute approximate surface area is 82.1 Å². The molecule has 0 saturated heterocycles. The summed E-state index contributed by atoms with van der Waals surface area (Å²) in [6, 6.07) is 3.23. The van der Waals surface area contributed by atoms with Crippen LogP contribution in [-0.2, 0) is 0 Å². The van der Waals surface area contributed by atoms with Crippen LogP contribution in [0.1, 0.15) is 15.9 Å². The maximum absolute atomic E-state index is 10.7. The van der Waals surface area contributed by atoms with Gasteiger partial charge in [-0.15, -0.1) is 0 Å². The van der Waals surface area contributed by atoms with Gasteiger partial charge in [0.05, 0.1) is 11.1 Å². The summed E-state index contributed by atoms with van der Waals surface area (Å²) in [5.74, 6) is 0. The summed E-state index contributed by atoms with van der Waals surface area (Å²) in [5.41, 5.74) is 0.347. The molecule has 0 unspecified atom stereocenters. The highest BCUT2D eigenvalue weighted by Gasteiger charge is 2.09. The number of halogens is 2. The number of pyridine rings is 1. The minimum absolute atomic E-state index is 0.168. The van der Waals surface area contributed by atoms with Crippen LogP contribution in [0.4, 0.5) is 0 Å². The molecular weight excluding hydrogens is 243 g/mol. The number of nitriles is 1. The smallest absolute Gasteiger partial charge is 0.253 e. The van der Waals surface area contributed by atoms with E-state index in [1.807, 2.05) is 6.07 Å². The first kappa shape index (κ1) is 9.17. The maximum atomic E-state index is 10.7. The fourth-order valence-electron chi connectivity index (χ4n) is 0.682. The van der Waals surface area contributed by atoms with Crippen molar-refractivity contribution in [3.05, 3.63) is 28.0 Å². The Kier molecular flexibility index (Phi) is 2.79. The molecule has 0 aliphatic carbocycles. The zero-order chi connectivity index (χ0) is 9.14. The largest absolute Gasteiger partial charge is 0.276 e. The summed E-state index contributed by atoms with van der Waals surface area (Å²) in [7, 11) is 0. The second kappa shape index (κ2) is 3.65. The topological polar surface area (TPSA) is 53.8 Å². The lowest BCUT2D eigenvalue weighted by atomic mass is 10.2. The van der Waals surface area contributed by atoms with E-state index in [0.29, 0.717) is 4.60 Å². The molecule has 0 aliphatic rings. The van der Waals surface area contributed by atoms with Gasteiger partial charge in [0.25, 0.3) is 5.24 Å². The number of nitrogens with zero attached hydrogens (tertiary/aromatic N) is 2. The van der Waals surface area contributed by atoms with Crippen molar-refractivity contribution in [2.24, 2.45) is 0 Å². The molecule has 60 valence electrons. The molecular formula is C7H2BrClN2O. The quantitative estimate of drug-likeness (QED) is 0.562. The third kappa shape index (κ3) is 1.81. The number of hydrogen-bond acceptors (Lipinski definition) is 3. The van der Waals surface area contributed by atoms with Gasteiger partial charge >= 0.3 is 0 Å². The summed E-state index contributed by atoms with van der Waals surface area (Å²) in [4.78, 5) is 14.5. The molecule has 0 aromatic carbocycles. The van der Waals surface area contributed by atoms with Crippen molar-refractivity contribution in [1.29, 1.82) is 5.26 Å². The minimum atomic E-state index is -0.658. The van der Waals surface area contributed by atoms with Crippen molar-refractivity contribution in [2.45, 2.75) is 0 Å². The lowest BCUT2D eigenvalue weighted by Gasteiger charge is -1.96. The van der Waals surface area contributed by atoms with Gasteiger partial charge in [-0.2, -0.15) is 5.26 Å². The molecule has 0 amide bonds. The van der Waals surface area contributed by atoms with Crippen LogP contribution in [0.15, 0.2) is 16.9 Å². The zero-order valence-electron chi connectivity index (χ0n) is 5.71. The van der Waals surface area contributed by atoms with Gasteiger partial charge in [0, 0.05) is 6.20 Å². The van der Waals surface area contributed by atoms with Crippen molar-refractivity contribution in [1.82, 2.24) is 4.98 Å². The Morgan fingerprint density at radius 1 is 1.75 bits per heavy atom. The second-order valence-electron chi connectivity index (χ2n) is 1.94. The minimum Gasteiger partial charge on any atom is -0.276 e. The molecule has 0 fully saturated rings. The lowest BCUT2D eigenvalue weighted by molar-refractivity contribution is 0.108. The summed E-state index contributed by atoms with van der Waals surface area (Å²) < 4.78 is 0.477. The molecule has 0 atom stereocenters. The molecule has 0 spiro atoms. The summed E-state index contributed by atoms with van der Waals surface area (Å²) >= 11 is 8.28. The third-order valence-electron chi connectivity index (χ3n) is 1.20. The van der Waals surface area contributed by atoms with Crippen molar-refractivity contribution in [3.63, 3.8) is 0 Å². The molecule has 12 heavy (non-hydrogen) atoms. The molecule has 1 aromatic rings. The monoisotopic (exact) mass is 244 g/mol.